The molecule has 0 heterocycles. The molecule has 0 radical (unpaired) electrons. The molecular weight excluding hydrogens is 608 g/mol. The third-order valence-corrected chi connectivity index (χ3v) is 7.79. The fourth-order valence-electron chi connectivity index (χ4n) is 3.00. The molecule has 3 amide bonds. The molecule has 0 aliphatic heterocycles. The van der Waals surface area contributed by atoms with Crippen molar-refractivity contribution in [3.8, 4) is 0 Å². The van der Waals surface area contributed by atoms with Gasteiger partial charge in [-0.15, -0.1) is 23.2 Å². The zero-order valence-electron chi connectivity index (χ0n) is 18.6. The van der Waals surface area contributed by atoms with E-state index in [1.165, 1.54) is 12.1 Å². The van der Waals surface area contributed by atoms with Crippen LogP contribution >= 0.6 is 34.8 Å². The molecule has 1 aliphatic carbocycles. The first kappa shape index (κ1) is 29.9. The Bertz CT molecular complexity index is 1420. The monoisotopic (exact) mass is 621 g/mol. The summed E-state index contributed by atoms with van der Waals surface area (Å²) in [5.41, 5.74) is -7.52. The van der Waals surface area contributed by atoms with Gasteiger partial charge in [0.1, 0.15) is 15.8 Å². The molecular formula is C21H15Cl3F5N3O5S. The first-order chi connectivity index (χ1) is 17.4. The van der Waals surface area contributed by atoms with E-state index in [-0.39, 0.29) is 22.7 Å². The lowest BCUT2D eigenvalue weighted by Crippen LogP contribution is -2.28. The molecule has 206 valence electrons. The molecule has 1 fully saturated rings. The van der Waals surface area contributed by atoms with Gasteiger partial charge < -0.3 is 16.0 Å². The summed E-state index contributed by atoms with van der Waals surface area (Å²) in [5, 5.41) is 6.13. The Morgan fingerprint density at radius 3 is 2.24 bits per heavy atom. The van der Waals surface area contributed by atoms with Crippen LogP contribution in [-0.4, -0.2) is 41.7 Å². The van der Waals surface area contributed by atoms with Gasteiger partial charge in [-0.2, -0.15) is 13.2 Å². The van der Waals surface area contributed by atoms with Crippen LogP contribution in [0, 0.1) is 17.6 Å². The number of hydrogen-bond acceptors (Lipinski definition) is 5. The van der Waals surface area contributed by atoms with E-state index in [0.717, 1.165) is 12.1 Å². The van der Waals surface area contributed by atoms with Gasteiger partial charge in [0, 0.05) is 12.1 Å². The lowest BCUT2D eigenvalue weighted by Gasteiger charge is -2.14. The molecule has 38 heavy (non-hydrogen) atoms. The fourth-order valence-corrected chi connectivity index (χ4v) is 4.40. The Balaban J connectivity index is 1.73. The van der Waals surface area contributed by atoms with Gasteiger partial charge in [-0.1, -0.05) is 11.6 Å². The van der Waals surface area contributed by atoms with E-state index in [0.29, 0.717) is 6.07 Å². The molecule has 1 aliphatic rings. The van der Waals surface area contributed by atoms with Gasteiger partial charge in [-0.25, -0.2) is 17.2 Å². The summed E-state index contributed by atoms with van der Waals surface area (Å²) in [7, 11) is -5.64. The van der Waals surface area contributed by atoms with Crippen LogP contribution in [0.3, 0.4) is 0 Å². The van der Waals surface area contributed by atoms with Crippen molar-refractivity contribution in [1.82, 2.24) is 0 Å². The van der Waals surface area contributed by atoms with Crippen molar-refractivity contribution in [1.29, 1.82) is 0 Å². The molecule has 1 unspecified atom stereocenters. The predicted octanol–water partition coefficient (Wildman–Crippen LogP) is 5.27. The van der Waals surface area contributed by atoms with E-state index >= 15 is 0 Å². The Labute approximate surface area is 226 Å². The van der Waals surface area contributed by atoms with Crippen LogP contribution in [0.25, 0.3) is 0 Å². The SMILES string of the molecule is O=C(CCS(=O)(=O)C(F)(F)F)Nc1c(F)ccc(NC(=O)c2cc(NC(=O)C3CC3(Cl)Cl)ccc2Cl)c1F. The van der Waals surface area contributed by atoms with Crippen LogP contribution in [0.15, 0.2) is 30.3 Å². The molecule has 0 saturated heterocycles. The zero-order chi connectivity index (χ0) is 28.6. The minimum absolute atomic E-state index is 0.113. The lowest BCUT2D eigenvalue weighted by atomic mass is 10.1. The molecule has 8 nitrogen and oxygen atoms in total. The van der Waals surface area contributed by atoms with Gasteiger partial charge in [0.2, 0.25) is 21.7 Å². The first-order valence-electron chi connectivity index (χ1n) is 10.3. The lowest BCUT2D eigenvalue weighted by molar-refractivity contribution is -0.117. The number of anilines is 3. The second-order valence-corrected chi connectivity index (χ2v) is 12.1. The summed E-state index contributed by atoms with van der Waals surface area (Å²) in [5.74, 6) is -8.15. The fraction of sp³-hybridized carbons (Fsp3) is 0.286. The van der Waals surface area contributed by atoms with Crippen LogP contribution in [0.1, 0.15) is 23.2 Å². The maximum atomic E-state index is 14.9. The molecule has 0 spiro atoms. The van der Waals surface area contributed by atoms with Crippen molar-refractivity contribution in [2.24, 2.45) is 5.92 Å². The van der Waals surface area contributed by atoms with Crippen molar-refractivity contribution in [2.75, 3.05) is 21.7 Å². The first-order valence-corrected chi connectivity index (χ1v) is 13.1. The van der Waals surface area contributed by atoms with Crippen LogP contribution < -0.4 is 16.0 Å². The molecule has 2 aromatic carbocycles. The number of rotatable bonds is 8. The topological polar surface area (TPSA) is 121 Å². The summed E-state index contributed by atoms with van der Waals surface area (Å²) in [6, 6.07) is 5.22. The van der Waals surface area contributed by atoms with Crippen molar-refractivity contribution in [3.05, 3.63) is 52.6 Å². The normalized spacial score (nSPS) is 16.5. The highest BCUT2D eigenvalue weighted by Gasteiger charge is 2.56. The van der Waals surface area contributed by atoms with E-state index in [2.05, 4.69) is 10.6 Å². The molecule has 3 N–H and O–H groups in total. The van der Waals surface area contributed by atoms with E-state index in [4.69, 9.17) is 34.8 Å². The van der Waals surface area contributed by atoms with Gasteiger partial charge in [-0.05, 0) is 36.8 Å². The van der Waals surface area contributed by atoms with Crippen molar-refractivity contribution in [3.63, 3.8) is 0 Å². The average Bonchev–Trinajstić information content (AvgIpc) is 3.46. The Hall–Kier alpha value is -2.68. The van der Waals surface area contributed by atoms with Crippen LogP contribution in [-0.2, 0) is 19.4 Å². The number of carbonyl (C=O) groups excluding carboxylic acids is 3. The van der Waals surface area contributed by atoms with Crippen LogP contribution in [0.5, 0.6) is 0 Å². The summed E-state index contributed by atoms with van der Waals surface area (Å²) in [6.07, 6.45) is -1.02. The van der Waals surface area contributed by atoms with E-state index in [9.17, 15) is 44.8 Å². The molecule has 3 rings (SSSR count). The predicted molar refractivity (Wildman–Crippen MR) is 130 cm³/mol. The average molecular weight is 623 g/mol. The minimum Gasteiger partial charge on any atom is -0.326 e. The Kier molecular flexibility index (Phi) is 8.51. The highest BCUT2D eigenvalue weighted by molar-refractivity contribution is 7.92. The molecule has 0 bridgehead atoms. The second kappa shape index (κ2) is 10.8. The highest BCUT2D eigenvalue weighted by atomic mass is 35.5. The van der Waals surface area contributed by atoms with Crippen molar-refractivity contribution < 1.29 is 44.8 Å². The third kappa shape index (κ3) is 6.84. The number of benzene rings is 2. The highest BCUT2D eigenvalue weighted by Crippen LogP contribution is 2.53. The number of nitrogens with one attached hydrogen (secondary N) is 3. The smallest absolute Gasteiger partial charge is 0.326 e. The number of carbonyl (C=O) groups is 3. The standard InChI is InChI=1S/C21H15Cl3F5N3O5S/c22-12-2-1-9(30-19(35)11-8-20(11,23)24)7-10(12)18(34)31-14-4-3-13(25)17(16(14)26)32-15(33)5-6-38(36,37)21(27,28)29/h1-4,7,11H,5-6,8H2,(H,30,35)(H,31,34)(H,32,33). The van der Waals surface area contributed by atoms with Gasteiger partial charge in [-0.3, -0.25) is 14.4 Å². The van der Waals surface area contributed by atoms with Crippen LogP contribution in [0.4, 0.5) is 39.0 Å². The van der Waals surface area contributed by atoms with Gasteiger partial charge in [0.15, 0.2) is 5.82 Å². The second-order valence-electron chi connectivity index (χ2n) is 8.00. The van der Waals surface area contributed by atoms with Crippen molar-refractivity contribution >= 4 is 79.4 Å². The molecule has 0 aromatic heterocycles. The minimum atomic E-state index is -5.64. The molecule has 1 atom stereocenters. The maximum absolute atomic E-state index is 14.9. The van der Waals surface area contributed by atoms with Gasteiger partial charge in [0.25, 0.3) is 5.91 Å². The molecule has 17 heteroatoms. The quantitative estimate of drug-likeness (QED) is 0.274. The van der Waals surface area contributed by atoms with Gasteiger partial charge in [0.05, 0.1) is 27.9 Å². The number of halogens is 8. The zero-order valence-corrected chi connectivity index (χ0v) is 21.6. The van der Waals surface area contributed by atoms with Crippen LogP contribution in [0.2, 0.25) is 5.02 Å². The van der Waals surface area contributed by atoms with Gasteiger partial charge >= 0.3 is 5.51 Å². The number of alkyl halides is 5. The summed E-state index contributed by atoms with van der Waals surface area (Å²) in [4.78, 5) is 36.8. The molecule has 2 aromatic rings. The van der Waals surface area contributed by atoms with E-state index in [1.807, 2.05) is 0 Å². The van der Waals surface area contributed by atoms with E-state index in [1.54, 1.807) is 5.32 Å². The maximum Gasteiger partial charge on any atom is 0.497 e. The Morgan fingerprint density at radius 2 is 1.66 bits per heavy atom. The third-order valence-electron chi connectivity index (χ3n) is 5.18. The summed E-state index contributed by atoms with van der Waals surface area (Å²) >= 11 is 17.7. The summed E-state index contributed by atoms with van der Waals surface area (Å²) in [6.45, 7) is 0. The number of sulfone groups is 1. The van der Waals surface area contributed by atoms with Crippen molar-refractivity contribution in [2.45, 2.75) is 22.7 Å². The number of amides is 3. The summed E-state index contributed by atoms with van der Waals surface area (Å²) < 4.78 is 87.2. The van der Waals surface area contributed by atoms with E-state index < -0.39 is 78.5 Å². The largest absolute Gasteiger partial charge is 0.497 e. The Morgan fingerprint density at radius 1 is 1.03 bits per heavy atom. The molecule has 1 saturated carbocycles. The number of hydrogen-bond donors (Lipinski definition) is 3.